The highest BCUT2D eigenvalue weighted by atomic mass is 35.5. The molecule has 0 bridgehead atoms. The van der Waals surface area contributed by atoms with E-state index in [9.17, 15) is 0 Å². The number of hydrogen-bond acceptors (Lipinski definition) is 4. The number of nitrogens with zero attached hydrogens (tertiary/aromatic N) is 3. The maximum absolute atomic E-state index is 8.90. The zero-order valence-electron chi connectivity index (χ0n) is 10.1. The van der Waals surface area contributed by atoms with Gasteiger partial charge in [0, 0.05) is 5.56 Å². The van der Waals surface area contributed by atoms with Gasteiger partial charge in [-0.25, -0.2) is 9.97 Å². The molecule has 2 rings (SSSR count). The van der Waals surface area contributed by atoms with Crippen LogP contribution in [0.4, 0.5) is 11.5 Å². The Labute approximate surface area is 121 Å². The number of hydrogen-bond donors (Lipinski definition) is 1. The highest BCUT2D eigenvalue weighted by molar-refractivity contribution is 6.33. The highest BCUT2D eigenvalue weighted by Crippen LogP contribution is 2.29. The molecule has 96 valence electrons. The second-order valence-electron chi connectivity index (χ2n) is 3.78. The summed E-state index contributed by atoms with van der Waals surface area (Å²) in [6.07, 6.45) is 2.07. The van der Waals surface area contributed by atoms with Gasteiger partial charge in [-0.1, -0.05) is 30.1 Å². The van der Waals surface area contributed by atoms with Crippen LogP contribution in [0.3, 0.4) is 0 Å². The van der Waals surface area contributed by atoms with Crippen LogP contribution < -0.4 is 5.32 Å². The van der Waals surface area contributed by atoms with Gasteiger partial charge < -0.3 is 5.32 Å². The SMILES string of the molecule is CCc1c(Cl)ncnc1Nc1cc(C#N)ccc1Cl. The Kier molecular flexibility index (Phi) is 4.20. The van der Waals surface area contributed by atoms with Gasteiger partial charge in [-0.3, -0.25) is 0 Å². The molecule has 0 saturated heterocycles. The minimum Gasteiger partial charge on any atom is -0.339 e. The summed E-state index contributed by atoms with van der Waals surface area (Å²) >= 11 is 12.1. The molecule has 4 nitrogen and oxygen atoms in total. The Hall–Kier alpha value is -1.83. The third-order valence-electron chi connectivity index (χ3n) is 2.59. The molecule has 0 amide bonds. The molecule has 0 radical (unpaired) electrons. The average Bonchev–Trinajstić information content (AvgIpc) is 2.41. The molecule has 1 heterocycles. The molecule has 1 aromatic heterocycles. The van der Waals surface area contributed by atoms with Crippen molar-refractivity contribution in [2.75, 3.05) is 5.32 Å². The third-order valence-corrected chi connectivity index (χ3v) is 3.25. The van der Waals surface area contributed by atoms with Crippen molar-refractivity contribution in [3.05, 3.63) is 45.8 Å². The number of benzene rings is 1. The van der Waals surface area contributed by atoms with Gasteiger partial charge in [0.2, 0.25) is 0 Å². The van der Waals surface area contributed by atoms with Crippen LogP contribution in [0.25, 0.3) is 0 Å². The van der Waals surface area contributed by atoms with Crippen LogP contribution in [0.2, 0.25) is 10.2 Å². The number of halogens is 2. The number of rotatable bonds is 3. The van der Waals surface area contributed by atoms with Crippen LogP contribution in [0.15, 0.2) is 24.5 Å². The lowest BCUT2D eigenvalue weighted by molar-refractivity contribution is 1.05. The van der Waals surface area contributed by atoms with E-state index in [1.54, 1.807) is 18.2 Å². The first kappa shape index (κ1) is 13.6. The van der Waals surface area contributed by atoms with Crippen LogP contribution in [0, 0.1) is 11.3 Å². The Balaban J connectivity index is 2.42. The first-order valence-electron chi connectivity index (χ1n) is 5.61. The van der Waals surface area contributed by atoms with Gasteiger partial charge in [-0.05, 0) is 24.6 Å². The van der Waals surface area contributed by atoms with Crippen LogP contribution in [0.1, 0.15) is 18.1 Å². The van der Waals surface area contributed by atoms with E-state index in [1.165, 1.54) is 6.33 Å². The average molecular weight is 293 g/mol. The summed E-state index contributed by atoms with van der Waals surface area (Å²) < 4.78 is 0. The van der Waals surface area contributed by atoms with Crippen LogP contribution in [0.5, 0.6) is 0 Å². The predicted molar refractivity (Wildman–Crippen MR) is 75.9 cm³/mol. The summed E-state index contributed by atoms with van der Waals surface area (Å²) in [5.74, 6) is 0.597. The molecular weight excluding hydrogens is 283 g/mol. The zero-order valence-corrected chi connectivity index (χ0v) is 11.6. The Morgan fingerprint density at radius 2 is 2.11 bits per heavy atom. The molecule has 2 aromatic rings. The lowest BCUT2D eigenvalue weighted by Gasteiger charge is -2.11. The van der Waals surface area contributed by atoms with E-state index in [0.29, 0.717) is 33.7 Å². The van der Waals surface area contributed by atoms with Gasteiger partial charge in [0.25, 0.3) is 0 Å². The lowest BCUT2D eigenvalue weighted by atomic mass is 10.2. The molecule has 1 N–H and O–H groups in total. The molecule has 0 saturated carbocycles. The van der Waals surface area contributed by atoms with E-state index < -0.39 is 0 Å². The third kappa shape index (κ3) is 2.95. The van der Waals surface area contributed by atoms with Crippen molar-refractivity contribution in [3.8, 4) is 6.07 Å². The standard InChI is InChI=1S/C13H10Cl2N4/c1-2-9-12(15)17-7-18-13(9)19-11-5-8(6-16)3-4-10(11)14/h3-5,7H,2H2,1H3,(H,17,18,19). The van der Waals surface area contributed by atoms with E-state index in [1.807, 2.05) is 6.92 Å². The van der Waals surface area contributed by atoms with E-state index in [2.05, 4.69) is 21.4 Å². The molecule has 0 spiro atoms. The summed E-state index contributed by atoms with van der Waals surface area (Å²) in [5, 5.41) is 12.9. The second kappa shape index (κ2) is 5.87. The maximum atomic E-state index is 8.90. The smallest absolute Gasteiger partial charge is 0.138 e. The quantitative estimate of drug-likeness (QED) is 0.870. The van der Waals surface area contributed by atoms with Gasteiger partial charge in [0.1, 0.15) is 17.3 Å². The van der Waals surface area contributed by atoms with Crippen molar-refractivity contribution in [1.82, 2.24) is 9.97 Å². The summed E-state index contributed by atoms with van der Waals surface area (Å²) in [6, 6.07) is 7.04. The number of nitrogens with one attached hydrogen (secondary N) is 1. The summed E-state index contributed by atoms with van der Waals surface area (Å²) in [6.45, 7) is 1.96. The van der Waals surface area contributed by atoms with Gasteiger partial charge >= 0.3 is 0 Å². The molecule has 0 aliphatic carbocycles. The largest absolute Gasteiger partial charge is 0.339 e. The molecule has 0 unspecified atom stereocenters. The highest BCUT2D eigenvalue weighted by Gasteiger charge is 2.10. The van der Waals surface area contributed by atoms with E-state index >= 15 is 0 Å². The van der Waals surface area contributed by atoms with Gasteiger partial charge in [0.05, 0.1) is 22.3 Å². The molecule has 19 heavy (non-hydrogen) atoms. The fourth-order valence-corrected chi connectivity index (χ4v) is 2.06. The number of nitriles is 1. The van der Waals surface area contributed by atoms with E-state index in [0.717, 1.165) is 5.56 Å². The van der Waals surface area contributed by atoms with E-state index in [4.69, 9.17) is 28.5 Å². The Bertz CT molecular complexity index is 650. The van der Waals surface area contributed by atoms with Crippen molar-refractivity contribution < 1.29 is 0 Å². The molecule has 0 aliphatic heterocycles. The first-order chi connectivity index (χ1) is 9.15. The van der Waals surface area contributed by atoms with Crippen molar-refractivity contribution in [2.45, 2.75) is 13.3 Å². The molecule has 1 aromatic carbocycles. The van der Waals surface area contributed by atoms with Gasteiger partial charge in [-0.2, -0.15) is 5.26 Å². The summed E-state index contributed by atoms with van der Waals surface area (Å²) in [4.78, 5) is 8.09. The van der Waals surface area contributed by atoms with Gasteiger partial charge in [-0.15, -0.1) is 0 Å². The summed E-state index contributed by atoms with van der Waals surface area (Å²) in [7, 11) is 0. The zero-order chi connectivity index (χ0) is 13.8. The minimum absolute atomic E-state index is 0.410. The number of aromatic nitrogens is 2. The molecule has 0 aliphatic rings. The Morgan fingerprint density at radius 1 is 1.32 bits per heavy atom. The van der Waals surface area contributed by atoms with Crippen LogP contribution in [-0.4, -0.2) is 9.97 Å². The topological polar surface area (TPSA) is 61.6 Å². The molecular formula is C13H10Cl2N4. The summed E-state index contributed by atoms with van der Waals surface area (Å²) in [5.41, 5.74) is 1.94. The minimum atomic E-state index is 0.410. The molecule has 0 fully saturated rings. The second-order valence-corrected chi connectivity index (χ2v) is 4.54. The van der Waals surface area contributed by atoms with Crippen molar-refractivity contribution in [2.24, 2.45) is 0 Å². The van der Waals surface area contributed by atoms with Crippen molar-refractivity contribution in [1.29, 1.82) is 5.26 Å². The molecule has 0 atom stereocenters. The van der Waals surface area contributed by atoms with Crippen molar-refractivity contribution >= 4 is 34.7 Å². The Morgan fingerprint density at radius 3 is 2.79 bits per heavy atom. The number of anilines is 2. The normalized spacial score (nSPS) is 10.0. The predicted octanol–water partition coefficient (Wildman–Crippen LogP) is 3.96. The monoisotopic (exact) mass is 292 g/mol. The van der Waals surface area contributed by atoms with Crippen LogP contribution >= 0.6 is 23.2 Å². The lowest BCUT2D eigenvalue weighted by Crippen LogP contribution is -2.01. The first-order valence-corrected chi connectivity index (χ1v) is 6.37. The fraction of sp³-hybridized carbons (Fsp3) is 0.154. The maximum Gasteiger partial charge on any atom is 0.138 e. The fourth-order valence-electron chi connectivity index (χ4n) is 1.63. The van der Waals surface area contributed by atoms with Gasteiger partial charge in [0.15, 0.2) is 0 Å². The van der Waals surface area contributed by atoms with E-state index in [-0.39, 0.29) is 0 Å². The van der Waals surface area contributed by atoms with Crippen molar-refractivity contribution in [3.63, 3.8) is 0 Å². The van der Waals surface area contributed by atoms with Crippen LogP contribution in [-0.2, 0) is 6.42 Å². The molecule has 6 heteroatoms.